The van der Waals surface area contributed by atoms with Crippen LogP contribution in [0.15, 0.2) is 24.3 Å². The number of hydrogen-bond donors (Lipinski definition) is 1. The van der Waals surface area contributed by atoms with Gasteiger partial charge in [-0.2, -0.15) is 0 Å². The number of aliphatic hydroxyl groups excluding tert-OH is 1. The molecule has 1 aromatic rings. The van der Waals surface area contributed by atoms with Crippen LogP contribution < -0.4 is 4.74 Å². The van der Waals surface area contributed by atoms with Crippen LogP contribution in [0.25, 0.3) is 0 Å². The topological polar surface area (TPSA) is 38.7 Å². The Balaban J connectivity index is 1.60. The van der Waals surface area contributed by atoms with Crippen molar-refractivity contribution in [3.05, 3.63) is 29.8 Å². The highest BCUT2D eigenvalue weighted by Crippen LogP contribution is 2.28. The van der Waals surface area contributed by atoms with Crippen molar-refractivity contribution >= 4 is 0 Å². The third kappa shape index (κ3) is 7.28. The zero-order valence-electron chi connectivity index (χ0n) is 14.0. The highest BCUT2D eigenvalue weighted by molar-refractivity contribution is 5.27. The maximum Gasteiger partial charge on any atom is 0.119 e. The maximum absolute atomic E-state index is 9.87. The SMILES string of the molecule is CC(C)CCC(O)COc1ccc(CCOCC2CC2)cc1. The molecule has 0 spiro atoms. The van der Waals surface area contributed by atoms with Crippen molar-refractivity contribution in [1.82, 2.24) is 0 Å². The fourth-order valence-corrected chi connectivity index (χ4v) is 2.28. The van der Waals surface area contributed by atoms with Crippen LogP contribution in [0.2, 0.25) is 0 Å². The van der Waals surface area contributed by atoms with E-state index in [0.29, 0.717) is 12.5 Å². The van der Waals surface area contributed by atoms with E-state index in [9.17, 15) is 5.11 Å². The summed E-state index contributed by atoms with van der Waals surface area (Å²) in [5, 5.41) is 9.87. The van der Waals surface area contributed by atoms with Crippen LogP contribution in [0, 0.1) is 11.8 Å². The summed E-state index contributed by atoms with van der Waals surface area (Å²) in [6, 6.07) is 8.11. The van der Waals surface area contributed by atoms with Gasteiger partial charge in [-0.3, -0.25) is 0 Å². The van der Waals surface area contributed by atoms with Gasteiger partial charge in [-0.05, 0) is 61.6 Å². The zero-order chi connectivity index (χ0) is 15.8. The van der Waals surface area contributed by atoms with Gasteiger partial charge in [0.1, 0.15) is 12.4 Å². The van der Waals surface area contributed by atoms with Gasteiger partial charge >= 0.3 is 0 Å². The Kier molecular flexibility index (Phi) is 7.20. The average molecular weight is 306 g/mol. The summed E-state index contributed by atoms with van der Waals surface area (Å²) in [4.78, 5) is 0. The minimum atomic E-state index is -0.377. The molecule has 0 radical (unpaired) electrons. The van der Waals surface area contributed by atoms with Gasteiger partial charge in [-0.15, -0.1) is 0 Å². The number of hydrogen-bond acceptors (Lipinski definition) is 3. The predicted molar refractivity (Wildman–Crippen MR) is 89.3 cm³/mol. The number of rotatable bonds is 11. The van der Waals surface area contributed by atoms with E-state index in [1.807, 2.05) is 12.1 Å². The van der Waals surface area contributed by atoms with Crippen molar-refractivity contribution in [1.29, 1.82) is 0 Å². The summed E-state index contributed by atoms with van der Waals surface area (Å²) in [6.45, 7) is 6.43. The Labute approximate surface area is 134 Å². The third-order valence-corrected chi connectivity index (χ3v) is 4.03. The molecule has 1 aliphatic rings. The molecule has 22 heavy (non-hydrogen) atoms. The highest BCUT2D eigenvalue weighted by atomic mass is 16.5. The molecule has 0 aromatic heterocycles. The lowest BCUT2D eigenvalue weighted by atomic mass is 10.1. The van der Waals surface area contributed by atoms with E-state index in [1.54, 1.807) is 0 Å². The van der Waals surface area contributed by atoms with E-state index in [2.05, 4.69) is 26.0 Å². The van der Waals surface area contributed by atoms with E-state index in [0.717, 1.165) is 44.1 Å². The molecule has 1 atom stereocenters. The first kappa shape index (κ1) is 17.3. The molecule has 124 valence electrons. The monoisotopic (exact) mass is 306 g/mol. The van der Waals surface area contributed by atoms with Crippen LogP contribution in [0.1, 0.15) is 45.1 Å². The Morgan fingerprint density at radius 1 is 1.14 bits per heavy atom. The summed E-state index contributed by atoms with van der Waals surface area (Å²) >= 11 is 0. The average Bonchev–Trinajstić information content (AvgIpc) is 3.33. The summed E-state index contributed by atoms with van der Waals surface area (Å²) in [6.07, 6.45) is 5.09. The lowest BCUT2D eigenvalue weighted by Gasteiger charge is -2.13. The lowest BCUT2D eigenvalue weighted by Crippen LogP contribution is -2.18. The molecule has 0 saturated heterocycles. The van der Waals surface area contributed by atoms with Crippen molar-refractivity contribution in [2.24, 2.45) is 11.8 Å². The standard InChI is InChI=1S/C19H30O3/c1-15(2)3-8-18(20)14-22-19-9-6-16(7-10-19)11-12-21-13-17-4-5-17/h6-7,9-10,15,17-18,20H,3-5,8,11-14H2,1-2H3. The van der Waals surface area contributed by atoms with Crippen LogP contribution in [0.3, 0.4) is 0 Å². The van der Waals surface area contributed by atoms with Crippen LogP contribution in [-0.2, 0) is 11.2 Å². The summed E-state index contributed by atoms with van der Waals surface area (Å²) in [7, 11) is 0. The van der Waals surface area contributed by atoms with E-state index >= 15 is 0 Å². The summed E-state index contributed by atoms with van der Waals surface area (Å²) in [5.41, 5.74) is 1.27. The smallest absolute Gasteiger partial charge is 0.119 e. The molecule has 0 bridgehead atoms. The molecular formula is C19H30O3. The van der Waals surface area contributed by atoms with Gasteiger partial charge in [0.05, 0.1) is 12.7 Å². The van der Waals surface area contributed by atoms with Gasteiger partial charge in [0.15, 0.2) is 0 Å². The Bertz CT molecular complexity index is 409. The molecular weight excluding hydrogens is 276 g/mol. The predicted octanol–water partition coefficient (Wildman–Crippen LogP) is 3.83. The molecule has 0 amide bonds. The molecule has 1 aliphatic carbocycles. The zero-order valence-corrected chi connectivity index (χ0v) is 14.0. The molecule has 0 aliphatic heterocycles. The Morgan fingerprint density at radius 3 is 2.50 bits per heavy atom. The Hall–Kier alpha value is -1.06. The number of aliphatic hydroxyl groups is 1. The molecule has 2 rings (SSSR count). The molecule has 1 N–H and O–H groups in total. The van der Waals surface area contributed by atoms with Crippen molar-refractivity contribution in [3.63, 3.8) is 0 Å². The van der Waals surface area contributed by atoms with E-state index in [1.165, 1.54) is 18.4 Å². The van der Waals surface area contributed by atoms with Crippen LogP contribution in [0.4, 0.5) is 0 Å². The molecule has 3 heteroatoms. The fraction of sp³-hybridized carbons (Fsp3) is 0.684. The molecule has 1 aromatic carbocycles. The Morgan fingerprint density at radius 2 is 1.86 bits per heavy atom. The van der Waals surface area contributed by atoms with Gasteiger partial charge in [0.2, 0.25) is 0 Å². The number of benzene rings is 1. The molecule has 1 fully saturated rings. The largest absolute Gasteiger partial charge is 0.491 e. The summed E-state index contributed by atoms with van der Waals surface area (Å²) in [5.74, 6) is 2.28. The molecule has 1 unspecified atom stereocenters. The van der Waals surface area contributed by atoms with Crippen LogP contribution in [0.5, 0.6) is 5.75 Å². The fourth-order valence-electron chi connectivity index (χ4n) is 2.28. The molecule has 0 heterocycles. The first-order valence-electron chi connectivity index (χ1n) is 8.61. The van der Waals surface area contributed by atoms with E-state index < -0.39 is 0 Å². The van der Waals surface area contributed by atoms with Gasteiger partial charge in [-0.1, -0.05) is 26.0 Å². The quantitative estimate of drug-likeness (QED) is 0.631. The minimum Gasteiger partial charge on any atom is -0.491 e. The van der Waals surface area contributed by atoms with E-state index in [4.69, 9.17) is 9.47 Å². The van der Waals surface area contributed by atoms with Gasteiger partial charge < -0.3 is 14.6 Å². The first-order valence-corrected chi connectivity index (χ1v) is 8.61. The van der Waals surface area contributed by atoms with Crippen molar-refractivity contribution < 1.29 is 14.6 Å². The minimum absolute atomic E-state index is 0.372. The van der Waals surface area contributed by atoms with Crippen molar-refractivity contribution in [2.45, 2.75) is 52.1 Å². The van der Waals surface area contributed by atoms with Gasteiger partial charge in [0.25, 0.3) is 0 Å². The first-order chi connectivity index (χ1) is 10.6. The third-order valence-electron chi connectivity index (χ3n) is 4.03. The number of ether oxygens (including phenoxy) is 2. The normalized spacial score (nSPS) is 16.0. The second-order valence-corrected chi connectivity index (χ2v) is 6.85. The van der Waals surface area contributed by atoms with E-state index in [-0.39, 0.29) is 6.10 Å². The molecule has 1 saturated carbocycles. The van der Waals surface area contributed by atoms with Crippen molar-refractivity contribution in [2.75, 3.05) is 19.8 Å². The molecule has 3 nitrogen and oxygen atoms in total. The highest BCUT2D eigenvalue weighted by Gasteiger charge is 2.20. The lowest BCUT2D eigenvalue weighted by molar-refractivity contribution is 0.0950. The summed E-state index contributed by atoms with van der Waals surface area (Å²) < 4.78 is 11.3. The second kappa shape index (κ2) is 9.16. The van der Waals surface area contributed by atoms with Crippen molar-refractivity contribution in [3.8, 4) is 5.75 Å². The second-order valence-electron chi connectivity index (χ2n) is 6.85. The maximum atomic E-state index is 9.87. The van der Waals surface area contributed by atoms with Gasteiger partial charge in [-0.25, -0.2) is 0 Å². The van der Waals surface area contributed by atoms with Crippen LogP contribution in [-0.4, -0.2) is 31.0 Å². The van der Waals surface area contributed by atoms with Gasteiger partial charge in [0, 0.05) is 6.61 Å². The van der Waals surface area contributed by atoms with Crippen LogP contribution >= 0.6 is 0 Å².